The van der Waals surface area contributed by atoms with Gasteiger partial charge in [-0.2, -0.15) is 5.12 Å². The fraction of sp³-hybridized carbons (Fsp3) is 0.333. The molecule has 0 aromatic heterocycles. The van der Waals surface area contributed by atoms with Crippen LogP contribution in [-0.4, -0.2) is 6.54 Å². The van der Waals surface area contributed by atoms with Gasteiger partial charge in [0.1, 0.15) is 6.54 Å². The quantitative estimate of drug-likeness (QED) is 0.553. The summed E-state index contributed by atoms with van der Waals surface area (Å²) >= 11 is 0. The zero-order chi connectivity index (χ0) is 9.97. The van der Waals surface area contributed by atoms with Gasteiger partial charge in [0.15, 0.2) is 0 Å². The van der Waals surface area contributed by atoms with Crippen LogP contribution in [0.4, 0.5) is 10.2 Å². The fourth-order valence-electron chi connectivity index (χ4n) is 1.88. The lowest BCUT2D eigenvalue weighted by atomic mass is 10.1. The first kappa shape index (κ1) is 11.9. The molecule has 1 aliphatic carbocycles. The van der Waals surface area contributed by atoms with Gasteiger partial charge in [-0.3, -0.25) is 0 Å². The van der Waals surface area contributed by atoms with Crippen LogP contribution in [0.15, 0.2) is 18.2 Å². The molecule has 0 radical (unpaired) electrons. The topological polar surface area (TPSA) is 3.24 Å². The van der Waals surface area contributed by atoms with Crippen molar-refractivity contribution in [3.05, 3.63) is 29.3 Å². The number of fused-ring (bicyclic) bond motifs is 1. The molecule has 1 aliphatic rings. The minimum atomic E-state index is 0. The third-order valence-electron chi connectivity index (χ3n) is 2.59. The summed E-state index contributed by atoms with van der Waals surface area (Å²) in [6.07, 6.45) is 8.41. The lowest BCUT2D eigenvalue weighted by molar-refractivity contribution is 0.458. The van der Waals surface area contributed by atoms with Crippen molar-refractivity contribution in [3.8, 4) is 12.3 Å². The Balaban J connectivity index is 0.00000112. The molecule has 80 valence electrons. The molecular weight excluding hydrogens is 213 g/mol. The summed E-state index contributed by atoms with van der Waals surface area (Å²) in [6.45, 7) is 0.0127. The van der Waals surface area contributed by atoms with Crippen LogP contribution in [0.25, 0.3) is 0 Å². The minimum absolute atomic E-state index is 0. The number of benzene rings is 1. The lowest BCUT2D eigenvalue weighted by Crippen LogP contribution is -2.11. The molecule has 0 saturated heterocycles. The predicted molar refractivity (Wildman–Crippen MR) is 63.0 cm³/mol. The largest absolute Gasteiger partial charge is 0.200 e. The number of rotatable bonds is 2. The van der Waals surface area contributed by atoms with Gasteiger partial charge in [-0.05, 0) is 42.5 Å². The van der Waals surface area contributed by atoms with Gasteiger partial charge in [0.05, 0.1) is 5.69 Å². The van der Waals surface area contributed by atoms with Gasteiger partial charge in [0, 0.05) is 0 Å². The van der Waals surface area contributed by atoms with Crippen molar-refractivity contribution >= 4 is 18.1 Å². The van der Waals surface area contributed by atoms with Crippen LogP contribution in [0, 0.1) is 12.3 Å². The van der Waals surface area contributed by atoms with Crippen LogP contribution in [0.2, 0.25) is 0 Å². The van der Waals surface area contributed by atoms with Crippen molar-refractivity contribution in [2.75, 3.05) is 11.7 Å². The van der Waals surface area contributed by atoms with E-state index in [1.54, 1.807) is 6.07 Å². The maximum absolute atomic E-state index is 13.3. The fourth-order valence-corrected chi connectivity index (χ4v) is 1.88. The minimum Gasteiger partial charge on any atom is -0.200 e. The van der Waals surface area contributed by atoms with Crippen molar-refractivity contribution in [2.24, 2.45) is 0 Å². The summed E-state index contributed by atoms with van der Waals surface area (Å²) in [5.41, 5.74) is 3.19. The van der Waals surface area contributed by atoms with Gasteiger partial charge in [-0.15, -0.1) is 18.8 Å². The van der Waals surface area contributed by atoms with Gasteiger partial charge >= 0.3 is 0 Å². The highest BCUT2D eigenvalue weighted by atomic mass is 35.5. The molecule has 1 aromatic rings. The van der Waals surface area contributed by atoms with Crippen molar-refractivity contribution in [1.82, 2.24) is 0 Å². The Labute approximate surface area is 95.6 Å². The van der Waals surface area contributed by atoms with E-state index in [-0.39, 0.29) is 19.0 Å². The van der Waals surface area contributed by atoms with Crippen LogP contribution in [0.5, 0.6) is 0 Å². The first-order chi connectivity index (χ1) is 6.81. The number of hydrogen-bond acceptors (Lipinski definition) is 1. The summed E-state index contributed by atoms with van der Waals surface area (Å²) in [4.78, 5) is 0. The number of hydrogen-bond donors (Lipinski definition) is 0. The Morgan fingerprint density at radius 2 is 2.07 bits per heavy atom. The SMILES string of the molecule is C#CCN(F)c1ccc2c(c1)CCC2.Cl. The number of terminal acetylenes is 1. The molecular formula is C12H13ClFN. The molecule has 3 heteroatoms. The zero-order valence-electron chi connectivity index (χ0n) is 8.37. The van der Waals surface area contributed by atoms with Crippen LogP contribution < -0.4 is 5.12 Å². The molecule has 15 heavy (non-hydrogen) atoms. The Morgan fingerprint density at radius 3 is 2.80 bits per heavy atom. The van der Waals surface area contributed by atoms with Gasteiger partial charge in [-0.1, -0.05) is 16.5 Å². The van der Waals surface area contributed by atoms with E-state index in [1.165, 1.54) is 17.5 Å². The van der Waals surface area contributed by atoms with Crippen molar-refractivity contribution in [1.29, 1.82) is 0 Å². The highest BCUT2D eigenvalue weighted by Gasteiger charge is 2.12. The zero-order valence-corrected chi connectivity index (χ0v) is 9.19. The molecule has 0 atom stereocenters. The molecule has 2 rings (SSSR count). The maximum atomic E-state index is 13.3. The molecule has 0 N–H and O–H groups in total. The third-order valence-corrected chi connectivity index (χ3v) is 2.59. The number of nitrogens with zero attached hydrogens (tertiary/aromatic N) is 1. The average molecular weight is 226 g/mol. The predicted octanol–water partition coefficient (Wildman–Crippen LogP) is 2.92. The van der Waals surface area contributed by atoms with Crippen molar-refractivity contribution in [2.45, 2.75) is 19.3 Å². The standard InChI is InChI=1S/C12H12FN.ClH/c1-2-8-14(13)12-7-6-10-4-3-5-11(10)9-12;/h1,6-7,9H,3-5,8H2;1H. The van der Waals surface area contributed by atoms with Crippen molar-refractivity contribution < 1.29 is 4.48 Å². The average Bonchev–Trinajstić information content (AvgIpc) is 2.64. The second kappa shape index (κ2) is 5.04. The monoisotopic (exact) mass is 225 g/mol. The lowest BCUT2D eigenvalue weighted by Gasteiger charge is -2.11. The van der Waals surface area contributed by atoms with Gasteiger partial charge in [0.25, 0.3) is 0 Å². The number of halogens is 2. The van der Waals surface area contributed by atoms with E-state index in [4.69, 9.17) is 6.42 Å². The van der Waals surface area contributed by atoms with E-state index in [0.29, 0.717) is 10.8 Å². The maximum Gasteiger partial charge on any atom is 0.111 e. The molecule has 1 nitrogen and oxygen atoms in total. The Morgan fingerprint density at radius 1 is 1.33 bits per heavy atom. The summed E-state index contributed by atoms with van der Waals surface area (Å²) in [6, 6.07) is 5.70. The molecule has 1 aromatic carbocycles. The summed E-state index contributed by atoms with van der Waals surface area (Å²) in [7, 11) is 0. The molecule has 0 bridgehead atoms. The molecule has 0 spiro atoms. The van der Waals surface area contributed by atoms with Crippen molar-refractivity contribution in [3.63, 3.8) is 0 Å². The van der Waals surface area contributed by atoms with E-state index < -0.39 is 0 Å². The molecule has 0 unspecified atom stereocenters. The molecule has 0 amide bonds. The van der Waals surface area contributed by atoms with E-state index in [2.05, 4.69) is 5.92 Å². The molecule has 0 heterocycles. The van der Waals surface area contributed by atoms with Gasteiger partial charge < -0.3 is 0 Å². The number of anilines is 1. The Hall–Kier alpha value is -1.20. The first-order valence-electron chi connectivity index (χ1n) is 4.80. The Bertz CT molecular complexity index is 384. The first-order valence-corrected chi connectivity index (χ1v) is 4.80. The van der Waals surface area contributed by atoms with E-state index in [0.717, 1.165) is 12.8 Å². The van der Waals surface area contributed by atoms with E-state index in [1.807, 2.05) is 12.1 Å². The summed E-state index contributed by atoms with van der Waals surface area (Å²) < 4.78 is 13.3. The van der Waals surface area contributed by atoms with Crippen LogP contribution >= 0.6 is 12.4 Å². The highest BCUT2D eigenvalue weighted by Crippen LogP contribution is 2.26. The second-order valence-corrected chi connectivity index (χ2v) is 3.53. The van der Waals surface area contributed by atoms with Crippen LogP contribution in [0.1, 0.15) is 17.5 Å². The summed E-state index contributed by atoms with van der Waals surface area (Å²) in [5.74, 6) is 2.28. The number of aryl methyl sites for hydroxylation is 2. The van der Waals surface area contributed by atoms with Crippen LogP contribution in [-0.2, 0) is 12.8 Å². The smallest absolute Gasteiger partial charge is 0.111 e. The normalized spacial score (nSPS) is 12.5. The van der Waals surface area contributed by atoms with E-state index >= 15 is 0 Å². The molecule has 0 saturated carbocycles. The third kappa shape index (κ3) is 2.43. The summed E-state index contributed by atoms with van der Waals surface area (Å²) in [5, 5.41) is 0.610. The van der Waals surface area contributed by atoms with Gasteiger partial charge in [-0.25, -0.2) is 0 Å². The molecule has 0 aliphatic heterocycles. The van der Waals surface area contributed by atoms with Crippen LogP contribution in [0.3, 0.4) is 0 Å². The van der Waals surface area contributed by atoms with Gasteiger partial charge in [0.2, 0.25) is 0 Å². The Kier molecular flexibility index (Phi) is 3.99. The highest BCUT2D eigenvalue weighted by molar-refractivity contribution is 5.85. The second-order valence-electron chi connectivity index (χ2n) is 3.53. The molecule has 0 fully saturated rings. The van der Waals surface area contributed by atoms with E-state index in [9.17, 15) is 4.48 Å².